The van der Waals surface area contributed by atoms with Gasteiger partial charge in [-0.25, -0.2) is 4.39 Å². The minimum Gasteiger partial charge on any atom is -0.497 e. The molecule has 0 saturated heterocycles. The highest BCUT2D eigenvalue weighted by Gasteiger charge is 2.21. The van der Waals surface area contributed by atoms with Gasteiger partial charge in [0, 0.05) is 0 Å². The first-order valence-electron chi connectivity index (χ1n) is 6.21. The molecule has 0 spiro atoms. The summed E-state index contributed by atoms with van der Waals surface area (Å²) in [7, 11) is 1.53. The summed E-state index contributed by atoms with van der Waals surface area (Å²) in [6.45, 7) is 0. The minimum atomic E-state index is -0.942. The van der Waals surface area contributed by atoms with E-state index in [4.69, 9.17) is 4.74 Å². The Labute approximate surface area is 116 Å². The maximum Gasteiger partial charge on any atom is 0.311 e. The Bertz CT molecular complexity index is 610. The zero-order valence-electron chi connectivity index (χ0n) is 11.0. The Kier molecular flexibility index (Phi) is 4.35. The van der Waals surface area contributed by atoms with E-state index in [2.05, 4.69) is 0 Å². The molecule has 3 nitrogen and oxygen atoms in total. The number of benzene rings is 2. The number of hydrogen-bond acceptors (Lipinski definition) is 2. The number of methoxy groups -OCH3 is 1. The molecule has 0 fully saturated rings. The third-order valence-electron chi connectivity index (χ3n) is 3.12. The minimum absolute atomic E-state index is 0.236. The van der Waals surface area contributed by atoms with Crippen LogP contribution in [0.2, 0.25) is 0 Å². The van der Waals surface area contributed by atoms with Crippen LogP contribution in [0.25, 0.3) is 0 Å². The monoisotopic (exact) mass is 274 g/mol. The number of hydrogen-bond donors (Lipinski definition) is 1. The molecule has 2 aromatic carbocycles. The average molecular weight is 274 g/mol. The molecule has 0 aliphatic carbocycles. The molecule has 0 radical (unpaired) electrons. The van der Waals surface area contributed by atoms with Crippen molar-refractivity contribution in [2.24, 2.45) is 0 Å². The van der Waals surface area contributed by atoms with Crippen molar-refractivity contribution in [3.63, 3.8) is 0 Å². The first-order chi connectivity index (χ1) is 9.60. The van der Waals surface area contributed by atoms with Gasteiger partial charge in [-0.2, -0.15) is 0 Å². The summed E-state index contributed by atoms with van der Waals surface area (Å²) >= 11 is 0. The van der Waals surface area contributed by atoms with Crippen molar-refractivity contribution < 1.29 is 19.0 Å². The molecule has 4 heteroatoms. The van der Waals surface area contributed by atoms with E-state index in [1.807, 2.05) is 0 Å². The summed E-state index contributed by atoms with van der Waals surface area (Å²) in [5.41, 5.74) is 1.29. The molecule has 0 aromatic heterocycles. The van der Waals surface area contributed by atoms with Crippen LogP contribution in [0.15, 0.2) is 48.5 Å². The highest BCUT2D eigenvalue weighted by molar-refractivity contribution is 5.76. The van der Waals surface area contributed by atoms with Gasteiger partial charge in [0.2, 0.25) is 0 Å². The topological polar surface area (TPSA) is 46.5 Å². The molecule has 0 aliphatic rings. The van der Waals surface area contributed by atoms with Crippen molar-refractivity contribution in [1.29, 1.82) is 0 Å². The predicted octanol–water partition coefficient (Wildman–Crippen LogP) is 3.25. The van der Waals surface area contributed by atoms with Gasteiger partial charge in [0.15, 0.2) is 0 Å². The molecule has 0 heterocycles. The van der Waals surface area contributed by atoms with Crippen molar-refractivity contribution in [3.05, 3.63) is 65.5 Å². The van der Waals surface area contributed by atoms with Crippen molar-refractivity contribution in [2.75, 3.05) is 7.11 Å². The average Bonchev–Trinajstić information content (AvgIpc) is 2.44. The van der Waals surface area contributed by atoms with E-state index < -0.39 is 11.9 Å². The van der Waals surface area contributed by atoms with E-state index in [1.165, 1.54) is 19.2 Å². The molecule has 0 saturated carbocycles. The number of aliphatic carboxylic acids is 1. The maximum atomic E-state index is 13.2. The Hall–Kier alpha value is -2.36. The normalized spacial score (nSPS) is 11.9. The second-order valence-corrected chi connectivity index (χ2v) is 4.50. The van der Waals surface area contributed by atoms with Crippen molar-refractivity contribution >= 4 is 5.97 Å². The summed E-state index contributed by atoms with van der Waals surface area (Å²) in [6, 6.07) is 12.9. The number of carbonyl (C=O) groups is 1. The summed E-state index contributed by atoms with van der Waals surface area (Å²) in [5.74, 6) is -1.43. The molecule has 1 unspecified atom stereocenters. The molecule has 0 amide bonds. The highest BCUT2D eigenvalue weighted by Crippen LogP contribution is 2.25. The SMILES string of the molecule is COc1cccc(C(Cc2cccc(F)c2)C(=O)O)c1. The number of carboxylic acids is 1. The molecule has 1 atom stereocenters. The van der Waals surface area contributed by atoms with Gasteiger partial charge < -0.3 is 9.84 Å². The van der Waals surface area contributed by atoms with Crippen molar-refractivity contribution in [3.8, 4) is 5.75 Å². The van der Waals surface area contributed by atoms with Crippen LogP contribution >= 0.6 is 0 Å². The molecule has 1 N–H and O–H groups in total. The van der Waals surface area contributed by atoms with Crippen LogP contribution in [0.4, 0.5) is 4.39 Å². The van der Waals surface area contributed by atoms with Gasteiger partial charge in [-0.1, -0.05) is 24.3 Å². The Morgan fingerprint density at radius 2 is 2.00 bits per heavy atom. The fourth-order valence-corrected chi connectivity index (χ4v) is 2.11. The lowest BCUT2D eigenvalue weighted by Crippen LogP contribution is -2.14. The van der Waals surface area contributed by atoms with Crippen molar-refractivity contribution in [1.82, 2.24) is 0 Å². The Morgan fingerprint density at radius 3 is 2.65 bits per heavy atom. The maximum absolute atomic E-state index is 13.2. The fourth-order valence-electron chi connectivity index (χ4n) is 2.11. The number of rotatable bonds is 5. The summed E-state index contributed by atoms with van der Waals surface area (Å²) in [5, 5.41) is 9.39. The third kappa shape index (κ3) is 3.35. The quantitative estimate of drug-likeness (QED) is 0.910. The van der Waals surface area contributed by atoms with Gasteiger partial charge in [0.1, 0.15) is 11.6 Å². The van der Waals surface area contributed by atoms with Crippen LogP contribution < -0.4 is 4.74 Å². The standard InChI is InChI=1S/C16H15FO3/c1-20-14-7-3-5-12(10-14)15(16(18)19)9-11-4-2-6-13(17)8-11/h2-8,10,15H,9H2,1H3,(H,18,19). The summed E-state index contributed by atoms with van der Waals surface area (Å²) < 4.78 is 18.3. The lowest BCUT2D eigenvalue weighted by atomic mass is 9.92. The number of carboxylic acid groups (broad SMARTS) is 1. The molecule has 0 bridgehead atoms. The predicted molar refractivity (Wildman–Crippen MR) is 73.5 cm³/mol. The first kappa shape index (κ1) is 14.1. The van der Waals surface area contributed by atoms with Gasteiger partial charge >= 0.3 is 5.97 Å². The van der Waals surface area contributed by atoms with E-state index >= 15 is 0 Å². The Balaban J connectivity index is 2.29. The smallest absolute Gasteiger partial charge is 0.311 e. The van der Waals surface area contributed by atoms with Gasteiger partial charge in [-0.15, -0.1) is 0 Å². The molecule has 2 rings (SSSR count). The van der Waals surface area contributed by atoms with Crippen LogP contribution in [0, 0.1) is 5.82 Å². The van der Waals surface area contributed by atoms with Crippen LogP contribution in [-0.2, 0) is 11.2 Å². The molecule has 20 heavy (non-hydrogen) atoms. The van der Waals surface area contributed by atoms with Crippen LogP contribution in [0.5, 0.6) is 5.75 Å². The second kappa shape index (κ2) is 6.19. The molecular weight excluding hydrogens is 259 g/mol. The fraction of sp³-hybridized carbons (Fsp3) is 0.188. The van der Waals surface area contributed by atoms with Crippen LogP contribution in [0.1, 0.15) is 17.0 Å². The van der Waals surface area contributed by atoms with Gasteiger partial charge in [0.25, 0.3) is 0 Å². The van der Waals surface area contributed by atoms with E-state index in [9.17, 15) is 14.3 Å². The molecular formula is C16H15FO3. The zero-order valence-corrected chi connectivity index (χ0v) is 11.0. The van der Waals surface area contributed by atoms with Gasteiger partial charge in [-0.05, 0) is 41.8 Å². The number of ether oxygens (including phenoxy) is 1. The third-order valence-corrected chi connectivity index (χ3v) is 3.12. The highest BCUT2D eigenvalue weighted by atomic mass is 19.1. The summed E-state index contributed by atoms with van der Waals surface area (Å²) in [4.78, 5) is 11.5. The van der Waals surface area contributed by atoms with Crippen LogP contribution in [0.3, 0.4) is 0 Å². The van der Waals surface area contributed by atoms with E-state index in [-0.39, 0.29) is 12.2 Å². The van der Waals surface area contributed by atoms with Gasteiger partial charge in [0.05, 0.1) is 13.0 Å². The van der Waals surface area contributed by atoms with Crippen LogP contribution in [-0.4, -0.2) is 18.2 Å². The lowest BCUT2D eigenvalue weighted by molar-refractivity contribution is -0.138. The summed E-state index contributed by atoms with van der Waals surface area (Å²) in [6.07, 6.45) is 0.236. The zero-order chi connectivity index (χ0) is 14.5. The molecule has 0 aliphatic heterocycles. The number of halogens is 1. The molecule has 2 aromatic rings. The van der Waals surface area contributed by atoms with E-state index in [0.29, 0.717) is 16.9 Å². The van der Waals surface area contributed by atoms with E-state index in [1.54, 1.807) is 36.4 Å². The first-order valence-corrected chi connectivity index (χ1v) is 6.21. The van der Waals surface area contributed by atoms with Gasteiger partial charge in [-0.3, -0.25) is 4.79 Å². The Morgan fingerprint density at radius 1 is 1.25 bits per heavy atom. The molecule has 104 valence electrons. The van der Waals surface area contributed by atoms with E-state index in [0.717, 1.165) is 0 Å². The largest absolute Gasteiger partial charge is 0.497 e. The second-order valence-electron chi connectivity index (χ2n) is 4.50. The lowest BCUT2D eigenvalue weighted by Gasteiger charge is -2.14. The van der Waals surface area contributed by atoms with Crippen molar-refractivity contribution in [2.45, 2.75) is 12.3 Å².